The molecule has 1 N–H and O–H groups in total. The standard InChI is InChI=1S/C23H17F3N6O/c1-31-12-19-18-8-15(22(33)29-11-14-9-27-13-28-10-14)2-7-20(18)32(21(19)30-31)17-5-3-16(4-6-17)23(24,25)26/h2-10,12-13H,11H2,1H3,(H,29,33). The molecule has 0 bridgehead atoms. The van der Waals surface area contributed by atoms with Crippen molar-refractivity contribution in [2.24, 2.45) is 7.05 Å². The van der Waals surface area contributed by atoms with Crippen LogP contribution in [0.25, 0.3) is 27.6 Å². The predicted molar refractivity (Wildman–Crippen MR) is 116 cm³/mol. The molecular weight excluding hydrogens is 433 g/mol. The molecule has 10 heteroatoms. The van der Waals surface area contributed by atoms with Crippen molar-refractivity contribution in [2.45, 2.75) is 12.7 Å². The maximum atomic E-state index is 13.0. The predicted octanol–water partition coefficient (Wildman–Crippen LogP) is 4.26. The van der Waals surface area contributed by atoms with E-state index in [4.69, 9.17) is 0 Å². The lowest BCUT2D eigenvalue weighted by Gasteiger charge is -2.10. The zero-order chi connectivity index (χ0) is 23.2. The number of carbonyl (C=O) groups excluding carboxylic acids is 1. The molecule has 7 nitrogen and oxygen atoms in total. The molecule has 0 radical (unpaired) electrons. The maximum absolute atomic E-state index is 13.0. The van der Waals surface area contributed by atoms with Crippen LogP contribution in [0.15, 0.2) is 67.4 Å². The molecule has 3 aromatic heterocycles. The van der Waals surface area contributed by atoms with E-state index in [1.807, 2.05) is 6.20 Å². The van der Waals surface area contributed by atoms with Crippen LogP contribution >= 0.6 is 0 Å². The van der Waals surface area contributed by atoms with E-state index in [9.17, 15) is 18.0 Å². The Bertz CT molecular complexity index is 1470. The zero-order valence-corrected chi connectivity index (χ0v) is 17.3. The van der Waals surface area contributed by atoms with Crippen LogP contribution in [0.4, 0.5) is 13.2 Å². The van der Waals surface area contributed by atoms with Gasteiger partial charge in [0.15, 0.2) is 5.65 Å². The van der Waals surface area contributed by atoms with Gasteiger partial charge in [-0.25, -0.2) is 9.97 Å². The molecule has 0 aliphatic heterocycles. The van der Waals surface area contributed by atoms with E-state index in [-0.39, 0.29) is 12.5 Å². The Morgan fingerprint density at radius 3 is 2.45 bits per heavy atom. The zero-order valence-electron chi connectivity index (χ0n) is 17.3. The molecule has 166 valence electrons. The minimum atomic E-state index is -4.41. The van der Waals surface area contributed by atoms with E-state index in [0.717, 1.165) is 34.0 Å². The molecule has 0 saturated carbocycles. The number of hydrogen-bond acceptors (Lipinski definition) is 4. The third-order valence-corrected chi connectivity index (χ3v) is 5.33. The molecule has 33 heavy (non-hydrogen) atoms. The first-order valence-electron chi connectivity index (χ1n) is 9.99. The lowest BCUT2D eigenvalue weighted by atomic mass is 10.1. The number of amides is 1. The number of benzene rings is 2. The summed E-state index contributed by atoms with van der Waals surface area (Å²) in [5.41, 5.74) is 2.38. The van der Waals surface area contributed by atoms with Gasteiger partial charge in [-0.1, -0.05) is 0 Å². The Hall–Kier alpha value is -4.21. The number of hydrogen-bond donors (Lipinski definition) is 1. The molecule has 0 aliphatic rings. The van der Waals surface area contributed by atoms with Gasteiger partial charge in [-0.2, -0.15) is 18.3 Å². The fourth-order valence-electron chi connectivity index (χ4n) is 3.80. The maximum Gasteiger partial charge on any atom is 0.416 e. The highest BCUT2D eigenvalue weighted by Crippen LogP contribution is 2.34. The molecule has 5 aromatic rings. The summed E-state index contributed by atoms with van der Waals surface area (Å²) in [6.07, 6.45) is 2.08. The van der Waals surface area contributed by atoms with Gasteiger partial charge in [0.25, 0.3) is 5.91 Å². The van der Waals surface area contributed by atoms with Gasteiger partial charge in [-0.15, -0.1) is 0 Å². The van der Waals surface area contributed by atoms with Crippen molar-refractivity contribution in [1.29, 1.82) is 0 Å². The molecule has 0 spiro atoms. The SMILES string of the molecule is Cn1cc2c3cc(C(=O)NCc4cncnc4)ccc3n(-c3ccc(C(F)(F)F)cc3)c2n1. The highest BCUT2D eigenvalue weighted by molar-refractivity contribution is 6.10. The number of fused-ring (bicyclic) bond motifs is 3. The van der Waals surface area contributed by atoms with Gasteiger partial charge in [-0.3, -0.25) is 14.0 Å². The van der Waals surface area contributed by atoms with Gasteiger partial charge >= 0.3 is 6.18 Å². The molecule has 0 saturated heterocycles. The Balaban J connectivity index is 1.55. The molecule has 2 aromatic carbocycles. The Morgan fingerprint density at radius 1 is 1.03 bits per heavy atom. The third kappa shape index (κ3) is 3.79. The second-order valence-corrected chi connectivity index (χ2v) is 7.58. The van der Waals surface area contributed by atoms with E-state index < -0.39 is 11.7 Å². The number of alkyl halides is 3. The number of aryl methyl sites for hydroxylation is 1. The summed E-state index contributed by atoms with van der Waals surface area (Å²) in [6, 6.07) is 10.1. The summed E-state index contributed by atoms with van der Waals surface area (Å²) in [4.78, 5) is 20.6. The topological polar surface area (TPSA) is 77.6 Å². The smallest absolute Gasteiger partial charge is 0.348 e. The van der Waals surface area contributed by atoms with E-state index in [2.05, 4.69) is 20.4 Å². The van der Waals surface area contributed by atoms with Gasteiger partial charge in [-0.05, 0) is 42.5 Å². The number of nitrogens with zero attached hydrogens (tertiary/aromatic N) is 5. The summed E-state index contributed by atoms with van der Waals surface area (Å²) in [6.45, 7) is 0.284. The van der Waals surface area contributed by atoms with Crippen LogP contribution in [0.5, 0.6) is 0 Å². The van der Waals surface area contributed by atoms with E-state index in [0.29, 0.717) is 16.9 Å². The Labute approximate surface area is 185 Å². The minimum absolute atomic E-state index is 0.264. The van der Waals surface area contributed by atoms with Crippen LogP contribution < -0.4 is 5.32 Å². The highest BCUT2D eigenvalue weighted by Gasteiger charge is 2.30. The first-order chi connectivity index (χ1) is 15.8. The van der Waals surface area contributed by atoms with Crippen molar-refractivity contribution >= 4 is 27.8 Å². The van der Waals surface area contributed by atoms with E-state index >= 15 is 0 Å². The average molecular weight is 450 g/mol. The lowest BCUT2D eigenvalue weighted by molar-refractivity contribution is -0.137. The molecule has 3 heterocycles. The lowest BCUT2D eigenvalue weighted by Crippen LogP contribution is -2.22. The fraction of sp³-hybridized carbons (Fsp3) is 0.130. The van der Waals surface area contributed by atoms with Crippen LogP contribution in [-0.2, 0) is 19.8 Å². The van der Waals surface area contributed by atoms with Crippen molar-refractivity contribution in [1.82, 2.24) is 29.6 Å². The summed E-state index contributed by atoms with van der Waals surface area (Å²) in [7, 11) is 1.77. The van der Waals surface area contributed by atoms with Gasteiger partial charge in [0.05, 0.1) is 11.1 Å². The fourth-order valence-corrected chi connectivity index (χ4v) is 3.80. The van der Waals surface area contributed by atoms with Crippen molar-refractivity contribution < 1.29 is 18.0 Å². The summed E-state index contributed by atoms with van der Waals surface area (Å²) < 4.78 is 42.4. The molecule has 5 rings (SSSR count). The van der Waals surface area contributed by atoms with Crippen LogP contribution in [0.1, 0.15) is 21.5 Å². The first kappa shape index (κ1) is 20.7. The van der Waals surface area contributed by atoms with E-state index in [1.165, 1.54) is 18.5 Å². The van der Waals surface area contributed by atoms with Crippen LogP contribution in [0, 0.1) is 0 Å². The molecule has 0 fully saturated rings. The molecule has 1 amide bonds. The quantitative estimate of drug-likeness (QED) is 0.444. The first-order valence-corrected chi connectivity index (χ1v) is 9.99. The normalized spacial score (nSPS) is 11.9. The summed E-state index contributed by atoms with van der Waals surface area (Å²) >= 11 is 0. The minimum Gasteiger partial charge on any atom is -0.348 e. The van der Waals surface area contributed by atoms with Crippen LogP contribution in [-0.4, -0.2) is 30.2 Å². The summed E-state index contributed by atoms with van der Waals surface area (Å²) in [5.74, 6) is -0.264. The highest BCUT2D eigenvalue weighted by atomic mass is 19.4. The van der Waals surface area contributed by atoms with Crippen molar-refractivity contribution in [3.63, 3.8) is 0 Å². The number of aromatic nitrogens is 5. The third-order valence-electron chi connectivity index (χ3n) is 5.33. The van der Waals surface area contributed by atoms with Crippen molar-refractivity contribution in [2.75, 3.05) is 0 Å². The van der Waals surface area contributed by atoms with Crippen LogP contribution in [0.3, 0.4) is 0 Å². The van der Waals surface area contributed by atoms with Gasteiger partial charge < -0.3 is 5.32 Å². The van der Waals surface area contributed by atoms with E-state index in [1.54, 1.807) is 46.9 Å². The molecular formula is C23H17F3N6O. The summed E-state index contributed by atoms with van der Waals surface area (Å²) in [5, 5.41) is 8.89. The van der Waals surface area contributed by atoms with Crippen molar-refractivity contribution in [3.8, 4) is 5.69 Å². The van der Waals surface area contributed by atoms with Gasteiger partial charge in [0.1, 0.15) is 6.33 Å². The Morgan fingerprint density at radius 2 is 1.76 bits per heavy atom. The molecule has 0 unspecified atom stereocenters. The molecule has 0 atom stereocenters. The van der Waals surface area contributed by atoms with Gasteiger partial charge in [0, 0.05) is 59.8 Å². The average Bonchev–Trinajstić information content (AvgIpc) is 3.32. The second-order valence-electron chi connectivity index (χ2n) is 7.58. The molecule has 0 aliphatic carbocycles. The number of halogens is 3. The largest absolute Gasteiger partial charge is 0.416 e. The number of rotatable bonds is 4. The van der Waals surface area contributed by atoms with Crippen LogP contribution in [0.2, 0.25) is 0 Å². The van der Waals surface area contributed by atoms with Crippen molar-refractivity contribution in [3.05, 3.63) is 84.1 Å². The number of carbonyl (C=O) groups is 1. The van der Waals surface area contributed by atoms with Gasteiger partial charge in [0.2, 0.25) is 0 Å². The monoisotopic (exact) mass is 450 g/mol. The Kier molecular flexibility index (Phi) is 4.85. The second kappa shape index (κ2) is 7.73. The number of nitrogens with one attached hydrogen (secondary N) is 1.